The van der Waals surface area contributed by atoms with Crippen LogP contribution in [0.4, 0.5) is 5.69 Å². The molecule has 17 heavy (non-hydrogen) atoms. The Hall–Kier alpha value is -2.23. The highest BCUT2D eigenvalue weighted by atomic mass is 16.4. The third kappa shape index (κ3) is 2.01. The Labute approximate surface area is 99.3 Å². The van der Waals surface area contributed by atoms with Crippen LogP contribution < -0.4 is 5.73 Å². The summed E-state index contributed by atoms with van der Waals surface area (Å²) >= 11 is 0. The molecule has 0 saturated carbocycles. The fourth-order valence-electron chi connectivity index (χ4n) is 1.82. The summed E-state index contributed by atoms with van der Waals surface area (Å²) in [4.78, 5) is 11.2. The molecule has 0 aliphatic heterocycles. The average molecular weight is 230 g/mol. The minimum absolute atomic E-state index is 0.282. The van der Waals surface area contributed by atoms with Crippen LogP contribution in [0.25, 0.3) is 11.1 Å². The second kappa shape index (κ2) is 4.33. The van der Waals surface area contributed by atoms with Gasteiger partial charge in [0.15, 0.2) is 0 Å². The van der Waals surface area contributed by atoms with Crippen molar-refractivity contribution in [3.8, 4) is 11.1 Å². The Morgan fingerprint density at radius 1 is 1.29 bits per heavy atom. The lowest BCUT2D eigenvalue weighted by atomic mass is 10.0. The number of hydrogen-bond acceptors (Lipinski definition) is 2. The molecule has 1 heterocycles. The summed E-state index contributed by atoms with van der Waals surface area (Å²) in [6.45, 7) is 2.69. The molecule has 4 heteroatoms. The van der Waals surface area contributed by atoms with Gasteiger partial charge in [0.05, 0.1) is 5.56 Å². The number of aromatic nitrogens is 1. The number of carbonyl (C=O) groups is 1. The molecule has 0 atom stereocenters. The van der Waals surface area contributed by atoms with Crippen LogP contribution >= 0.6 is 0 Å². The maximum atomic E-state index is 11.2. The molecule has 3 N–H and O–H groups in total. The van der Waals surface area contributed by atoms with E-state index in [9.17, 15) is 9.90 Å². The molecule has 0 spiro atoms. The highest BCUT2D eigenvalue weighted by Crippen LogP contribution is 2.29. The van der Waals surface area contributed by atoms with Gasteiger partial charge >= 0.3 is 5.97 Å². The van der Waals surface area contributed by atoms with Crippen molar-refractivity contribution in [2.24, 2.45) is 0 Å². The lowest BCUT2D eigenvalue weighted by molar-refractivity contribution is 0.0697. The van der Waals surface area contributed by atoms with Crippen LogP contribution in [0.1, 0.15) is 17.3 Å². The first kappa shape index (κ1) is 11.3. The van der Waals surface area contributed by atoms with Crippen molar-refractivity contribution in [1.82, 2.24) is 4.57 Å². The summed E-state index contributed by atoms with van der Waals surface area (Å²) in [7, 11) is 0. The first-order valence-corrected chi connectivity index (χ1v) is 5.41. The van der Waals surface area contributed by atoms with E-state index in [1.807, 2.05) is 35.9 Å². The minimum Gasteiger partial charge on any atom is -0.478 e. The molecule has 1 aromatic heterocycles. The molecule has 88 valence electrons. The molecular formula is C13H14N2O2. The van der Waals surface area contributed by atoms with Gasteiger partial charge in [-0.15, -0.1) is 0 Å². The third-order valence-electron chi connectivity index (χ3n) is 2.73. The Kier molecular flexibility index (Phi) is 2.87. The zero-order valence-electron chi connectivity index (χ0n) is 9.55. The van der Waals surface area contributed by atoms with Crippen LogP contribution in [-0.2, 0) is 6.54 Å². The summed E-state index contributed by atoms with van der Waals surface area (Å²) in [5, 5.41) is 9.17. The zero-order valence-corrected chi connectivity index (χ0v) is 9.55. The van der Waals surface area contributed by atoms with Crippen LogP contribution in [0.15, 0.2) is 36.7 Å². The van der Waals surface area contributed by atoms with Gasteiger partial charge in [0.2, 0.25) is 0 Å². The highest BCUT2D eigenvalue weighted by molar-refractivity contribution is 5.97. The van der Waals surface area contributed by atoms with Crippen LogP contribution in [0, 0.1) is 0 Å². The van der Waals surface area contributed by atoms with Crippen molar-refractivity contribution in [3.05, 3.63) is 42.2 Å². The molecule has 4 nitrogen and oxygen atoms in total. The Balaban J connectivity index is 2.62. The normalized spacial score (nSPS) is 10.4. The number of para-hydroxylation sites is 1. The van der Waals surface area contributed by atoms with E-state index >= 15 is 0 Å². The second-order valence-corrected chi connectivity index (χ2v) is 3.81. The number of nitrogens with two attached hydrogens (primary N) is 1. The quantitative estimate of drug-likeness (QED) is 0.796. The molecule has 0 amide bonds. The van der Waals surface area contributed by atoms with Gasteiger partial charge in [-0.25, -0.2) is 4.79 Å². The molecule has 2 aromatic rings. The number of carboxylic acids is 1. The third-order valence-corrected chi connectivity index (χ3v) is 2.73. The van der Waals surface area contributed by atoms with Gasteiger partial charge in [-0.05, 0) is 13.0 Å². The molecule has 0 aliphatic carbocycles. The second-order valence-electron chi connectivity index (χ2n) is 3.81. The van der Waals surface area contributed by atoms with Gasteiger partial charge in [0, 0.05) is 35.8 Å². The van der Waals surface area contributed by atoms with Crippen molar-refractivity contribution in [2.75, 3.05) is 5.73 Å². The first-order valence-electron chi connectivity index (χ1n) is 5.41. The van der Waals surface area contributed by atoms with E-state index in [-0.39, 0.29) is 5.56 Å². The number of nitrogens with zero attached hydrogens (tertiary/aromatic N) is 1. The number of carboxylic acid groups (broad SMARTS) is 1. The number of hydrogen-bond donors (Lipinski definition) is 2. The predicted octanol–water partition coefficient (Wildman–Crippen LogP) is 2.46. The van der Waals surface area contributed by atoms with Crippen molar-refractivity contribution in [1.29, 1.82) is 0 Å². The minimum atomic E-state index is -0.935. The van der Waals surface area contributed by atoms with Crippen molar-refractivity contribution in [3.63, 3.8) is 0 Å². The van der Waals surface area contributed by atoms with E-state index in [1.165, 1.54) is 0 Å². The van der Waals surface area contributed by atoms with Crippen molar-refractivity contribution >= 4 is 11.7 Å². The summed E-state index contributed by atoms with van der Waals surface area (Å²) < 4.78 is 1.84. The maximum absolute atomic E-state index is 11.2. The number of aryl methyl sites for hydroxylation is 1. The Morgan fingerprint density at radius 3 is 2.59 bits per heavy atom. The van der Waals surface area contributed by atoms with E-state index in [0.29, 0.717) is 11.3 Å². The van der Waals surface area contributed by atoms with Gasteiger partial charge in [-0.3, -0.25) is 0 Å². The molecule has 0 aliphatic rings. The van der Waals surface area contributed by atoms with Crippen molar-refractivity contribution in [2.45, 2.75) is 13.5 Å². The van der Waals surface area contributed by atoms with Crippen LogP contribution in [0.3, 0.4) is 0 Å². The van der Waals surface area contributed by atoms with Gasteiger partial charge in [-0.1, -0.05) is 18.2 Å². The summed E-state index contributed by atoms with van der Waals surface area (Å²) in [5.41, 5.74) is 8.16. The molecule has 0 fully saturated rings. The molecule has 2 rings (SSSR count). The number of nitrogen functional groups attached to an aromatic ring is 1. The lowest BCUT2D eigenvalue weighted by Gasteiger charge is -2.04. The number of rotatable bonds is 3. The molecular weight excluding hydrogens is 216 g/mol. The fraction of sp³-hybridized carbons (Fsp3) is 0.154. The number of anilines is 1. The van der Waals surface area contributed by atoms with Gasteiger partial charge in [-0.2, -0.15) is 0 Å². The summed E-state index contributed by atoms with van der Waals surface area (Å²) in [6.07, 6.45) is 3.44. The van der Waals surface area contributed by atoms with E-state index < -0.39 is 5.97 Å². The standard InChI is InChI=1S/C13H14N2O2/c1-2-15-7-10(11(8-15)13(16)17)9-5-3-4-6-12(9)14/h3-8H,2,14H2,1H3,(H,16,17). The van der Waals surface area contributed by atoms with E-state index in [2.05, 4.69) is 0 Å². The monoisotopic (exact) mass is 230 g/mol. The van der Waals surface area contributed by atoms with Crippen LogP contribution in [0.5, 0.6) is 0 Å². The molecule has 1 aromatic carbocycles. The molecule has 0 saturated heterocycles. The maximum Gasteiger partial charge on any atom is 0.337 e. The highest BCUT2D eigenvalue weighted by Gasteiger charge is 2.15. The number of aromatic carboxylic acids is 1. The van der Waals surface area contributed by atoms with E-state index in [0.717, 1.165) is 12.1 Å². The average Bonchev–Trinajstić information content (AvgIpc) is 2.73. The Bertz CT molecular complexity index is 558. The van der Waals surface area contributed by atoms with Gasteiger partial charge in [0.1, 0.15) is 0 Å². The van der Waals surface area contributed by atoms with E-state index in [1.54, 1.807) is 12.3 Å². The van der Waals surface area contributed by atoms with Gasteiger partial charge in [0.25, 0.3) is 0 Å². The fourth-order valence-corrected chi connectivity index (χ4v) is 1.82. The predicted molar refractivity (Wildman–Crippen MR) is 66.9 cm³/mol. The van der Waals surface area contributed by atoms with E-state index in [4.69, 9.17) is 5.73 Å². The molecule has 0 bridgehead atoms. The first-order chi connectivity index (χ1) is 8.13. The zero-order chi connectivity index (χ0) is 12.4. The van der Waals surface area contributed by atoms with Crippen molar-refractivity contribution < 1.29 is 9.90 Å². The number of benzene rings is 1. The summed E-state index contributed by atoms with van der Waals surface area (Å²) in [5.74, 6) is -0.935. The smallest absolute Gasteiger partial charge is 0.337 e. The topological polar surface area (TPSA) is 68.2 Å². The lowest BCUT2D eigenvalue weighted by Crippen LogP contribution is -1.98. The van der Waals surface area contributed by atoms with Crippen LogP contribution in [-0.4, -0.2) is 15.6 Å². The van der Waals surface area contributed by atoms with Gasteiger partial charge < -0.3 is 15.4 Å². The molecule has 0 unspecified atom stereocenters. The Morgan fingerprint density at radius 2 is 2.00 bits per heavy atom. The largest absolute Gasteiger partial charge is 0.478 e. The molecule has 0 radical (unpaired) electrons. The van der Waals surface area contributed by atoms with Crippen LogP contribution in [0.2, 0.25) is 0 Å². The SMILES string of the molecule is CCn1cc(C(=O)O)c(-c2ccccc2N)c1. The summed E-state index contributed by atoms with van der Waals surface area (Å²) in [6, 6.07) is 7.28.